The molecule has 0 fully saturated rings. The molecular formula is C8H14N2O. The van der Waals surface area contributed by atoms with Crippen molar-refractivity contribution in [3.05, 3.63) is 12.4 Å². The predicted octanol–water partition coefficient (Wildman–Crippen LogP) is 1.45. The molecule has 0 bridgehead atoms. The zero-order chi connectivity index (χ0) is 8.27. The van der Waals surface area contributed by atoms with Crippen LogP contribution >= 0.6 is 0 Å². The van der Waals surface area contributed by atoms with Crippen molar-refractivity contribution >= 4 is 0 Å². The second kappa shape index (κ2) is 3.42. The molecule has 0 N–H and O–H groups in total. The maximum absolute atomic E-state index is 5.40. The molecule has 0 saturated heterocycles. The standard InChI is InChI=1S/C8H14N2O/c1-7(2)6-11-8-4-9-10(3)5-8/h4-5,7H,6H2,1-3H3. The first-order valence-electron chi connectivity index (χ1n) is 3.80. The SMILES string of the molecule is CC(C)COc1cnn(C)c1. The molecule has 0 aromatic carbocycles. The fourth-order valence-electron chi connectivity index (χ4n) is 0.736. The Kier molecular flexibility index (Phi) is 2.52. The van der Waals surface area contributed by atoms with Crippen LogP contribution in [0, 0.1) is 5.92 Å². The fourth-order valence-corrected chi connectivity index (χ4v) is 0.736. The summed E-state index contributed by atoms with van der Waals surface area (Å²) in [5.41, 5.74) is 0. The molecule has 62 valence electrons. The number of aryl methyl sites for hydroxylation is 1. The highest BCUT2D eigenvalue weighted by molar-refractivity contribution is 5.11. The summed E-state index contributed by atoms with van der Waals surface area (Å²) in [4.78, 5) is 0. The highest BCUT2D eigenvalue weighted by Gasteiger charge is 1.97. The van der Waals surface area contributed by atoms with E-state index in [-0.39, 0.29) is 0 Å². The fraction of sp³-hybridized carbons (Fsp3) is 0.625. The van der Waals surface area contributed by atoms with E-state index in [4.69, 9.17) is 4.74 Å². The van der Waals surface area contributed by atoms with E-state index in [2.05, 4.69) is 18.9 Å². The van der Waals surface area contributed by atoms with Gasteiger partial charge in [0.15, 0.2) is 5.75 Å². The molecule has 1 aromatic heterocycles. The van der Waals surface area contributed by atoms with Gasteiger partial charge in [-0.15, -0.1) is 0 Å². The predicted molar refractivity (Wildman–Crippen MR) is 43.5 cm³/mol. The second-order valence-corrected chi connectivity index (χ2v) is 3.05. The van der Waals surface area contributed by atoms with Crippen LogP contribution in [0.15, 0.2) is 12.4 Å². The third-order valence-electron chi connectivity index (χ3n) is 1.26. The van der Waals surface area contributed by atoms with Crippen LogP contribution in [0.25, 0.3) is 0 Å². The van der Waals surface area contributed by atoms with Crippen LogP contribution in [0.1, 0.15) is 13.8 Å². The molecule has 1 rings (SSSR count). The Morgan fingerprint density at radius 3 is 2.82 bits per heavy atom. The minimum atomic E-state index is 0.565. The summed E-state index contributed by atoms with van der Waals surface area (Å²) in [5.74, 6) is 1.41. The zero-order valence-corrected chi connectivity index (χ0v) is 7.24. The van der Waals surface area contributed by atoms with Crippen molar-refractivity contribution in [3.63, 3.8) is 0 Å². The Balaban J connectivity index is 2.39. The van der Waals surface area contributed by atoms with Gasteiger partial charge in [0.05, 0.1) is 19.0 Å². The molecule has 0 saturated carbocycles. The van der Waals surface area contributed by atoms with Gasteiger partial charge in [0.1, 0.15) is 0 Å². The van der Waals surface area contributed by atoms with Crippen molar-refractivity contribution in [2.75, 3.05) is 6.61 Å². The highest BCUT2D eigenvalue weighted by Crippen LogP contribution is 2.08. The topological polar surface area (TPSA) is 27.1 Å². The molecule has 3 nitrogen and oxygen atoms in total. The van der Waals surface area contributed by atoms with Crippen molar-refractivity contribution in [2.24, 2.45) is 13.0 Å². The number of ether oxygens (including phenoxy) is 1. The lowest BCUT2D eigenvalue weighted by atomic mass is 10.2. The minimum absolute atomic E-state index is 0.565. The normalized spacial score (nSPS) is 10.5. The number of aromatic nitrogens is 2. The molecule has 3 heteroatoms. The van der Waals surface area contributed by atoms with Gasteiger partial charge in [0.2, 0.25) is 0 Å². The van der Waals surface area contributed by atoms with Gasteiger partial charge in [-0.1, -0.05) is 13.8 Å². The summed E-state index contributed by atoms with van der Waals surface area (Å²) in [5, 5.41) is 3.99. The maximum atomic E-state index is 5.40. The largest absolute Gasteiger partial charge is 0.490 e. The van der Waals surface area contributed by atoms with Gasteiger partial charge in [-0.3, -0.25) is 4.68 Å². The summed E-state index contributed by atoms with van der Waals surface area (Å²) >= 11 is 0. The van der Waals surface area contributed by atoms with E-state index in [0.29, 0.717) is 5.92 Å². The van der Waals surface area contributed by atoms with Gasteiger partial charge >= 0.3 is 0 Å². The number of nitrogens with zero attached hydrogens (tertiary/aromatic N) is 2. The lowest BCUT2D eigenvalue weighted by molar-refractivity contribution is 0.271. The molecule has 0 unspecified atom stereocenters. The Labute approximate surface area is 67.0 Å². The number of rotatable bonds is 3. The van der Waals surface area contributed by atoms with Gasteiger partial charge in [0, 0.05) is 7.05 Å². The van der Waals surface area contributed by atoms with Crippen molar-refractivity contribution < 1.29 is 4.74 Å². The molecule has 0 aliphatic heterocycles. The lowest BCUT2D eigenvalue weighted by Gasteiger charge is -2.04. The number of hydrogen-bond donors (Lipinski definition) is 0. The highest BCUT2D eigenvalue weighted by atomic mass is 16.5. The van der Waals surface area contributed by atoms with Crippen molar-refractivity contribution in [3.8, 4) is 5.75 Å². The zero-order valence-electron chi connectivity index (χ0n) is 7.24. The Bertz CT molecular complexity index is 218. The maximum Gasteiger partial charge on any atom is 0.157 e. The van der Waals surface area contributed by atoms with Crippen LogP contribution in [0.2, 0.25) is 0 Å². The second-order valence-electron chi connectivity index (χ2n) is 3.05. The van der Waals surface area contributed by atoms with Gasteiger partial charge in [-0.25, -0.2) is 0 Å². The molecule has 0 amide bonds. The van der Waals surface area contributed by atoms with E-state index in [0.717, 1.165) is 12.4 Å². The summed E-state index contributed by atoms with van der Waals surface area (Å²) in [7, 11) is 1.88. The lowest BCUT2D eigenvalue weighted by Crippen LogP contribution is -2.03. The smallest absolute Gasteiger partial charge is 0.157 e. The van der Waals surface area contributed by atoms with Crippen LogP contribution in [-0.2, 0) is 7.05 Å². The van der Waals surface area contributed by atoms with Crippen LogP contribution in [-0.4, -0.2) is 16.4 Å². The third kappa shape index (κ3) is 2.62. The minimum Gasteiger partial charge on any atom is -0.490 e. The first-order valence-corrected chi connectivity index (χ1v) is 3.80. The van der Waals surface area contributed by atoms with E-state index in [1.54, 1.807) is 10.9 Å². The van der Waals surface area contributed by atoms with Crippen molar-refractivity contribution in [1.82, 2.24) is 9.78 Å². The van der Waals surface area contributed by atoms with E-state index >= 15 is 0 Å². The van der Waals surface area contributed by atoms with Gasteiger partial charge < -0.3 is 4.74 Å². The molecule has 0 radical (unpaired) electrons. The molecule has 0 atom stereocenters. The van der Waals surface area contributed by atoms with Crippen LogP contribution < -0.4 is 4.74 Å². The average molecular weight is 154 g/mol. The Morgan fingerprint density at radius 2 is 2.36 bits per heavy atom. The first-order chi connectivity index (χ1) is 5.18. The van der Waals surface area contributed by atoms with Crippen LogP contribution in [0.5, 0.6) is 5.75 Å². The molecule has 11 heavy (non-hydrogen) atoms. The van der Waals surface area contributed by atoms with Gasteiger partial charge in [0.25, 0.3) is 0 Å². The molecular weight excluding hydrogens is 140 g/mol. The molecule has 0 spiro atoms. The average Bonchev–Trinajstić information content (AvgIpc) is 2.31. The van der Waals surface area contributed by atoms with E-state index in [1.807, 2.05) is 13.2 Å². The van der Waals surface area contributed by atoms with E-state index in [1.165, 1.54) is 0 Å². The van der Waals surface area contributed by atoms with Gasteiger partial charge in [-0.2, -0.15) is 5.10 Å². The quantitative estimate of drug-likeness (QED) is 0.659. The molecule has 0 aliphatic carbocycles. The summed E-state index contributed by atoms with van der Waals surface area (Å²) < 4.78 is 7.14. The summed E-state index contributed by atoms with van der Waals surface area (Å²) in [6, 6.07) is 0. The summed E-state index contributed by atoms with van der Waals surface area (Å²) in [6.45, 7) is 5.00. The van der Waals surface area contributed by atoms with Crippen molar-refractivity contribution in [2.45, 2.75) is 13.8 Å². The van der Waals surface area contributed by atoms with Crippen LogP contribution in [0.4, 0.5) is 0 Å². The van der Waals surface area contributed by atoms with Crippen molar-refractivity contribution in [1.29, 1.82) is 0 Å². The van der Waals surface area contributed by atoms with Gasteiger partial charge in [-0.05, 0) is 5.92 Å². The molecule has 1 heterocycles. The first kappa shape index (κ1) is 8.11. The van der Waals surface area contributed by atoms with E-state index in [9.17, 15) is 0 Å². The number of hydrogen-bond acceptors (Lipinski definition) is 2. The monoisotopic (exact) mass is 154 g/mol. The summed E-state index contributed by atoms with van der Waals surface area (Å²) in [6.07, 6.45) is 3.59. The Hall–Kier alpha value is -0.990. The molecule has 1 aromatic rings. The third-order valence-corrected chi connectivity index (χ3v) is 1.26. The Morgan fingerprint density at radius 1 is 1.64 bits per heavy atom. The molecule has 0 aliphatic rings. The van der Waals surface area contributed by atoms with E-state index < -0.39 is 0 Å². The van der Waals surface area contributed by atoms with Crippen LogP contribution in [0.3, 0.4) is 0 Å².